The fourth-order valence-corrected chi connectivity index (χ4v) is 1.97. The molecule has 118 valence electrons. The molecule has 0 spiro atoms. The quantitative estimate of drug-likeness (QED) is 0.638. The maximum atomic E-state index is 13.6. The predicted octanol–water partition coefficient (Wildman–Crippen LogP) is -0.507. The first kappa shape index (κ1) is 15.7. The zero-order chi connectivity index (χ0) is 16.0. The van der Waals surface area contributed by atoms with E-state index in [1.807, 2.05) is 0 Å². The van der Waals surface area contributed by atoms with Gasteiger partial charge in [-0.05, 0) is 0 Å². The van der Waals surface area contributed by atoms with Gasteiger partial charge >= 0.3 is 11.9 Å². The Labute approximate surface area is 113 Å². The lowest BCUT2D eigenvalue weighted by molar-refractivity contribution is -0.151. The standard InChI is InChI=1S/C10H10F4N2O5/c11-9(20)1-6(21-5(9)3-17)16-2-4(10(12,13)14)7(18)15-8(16)19/h2,5-6,17,20H,1,3H2,(H,15,18,19)/t5-,6-,9+/m1/s1. The fourth-order valence-electron chi connectivity index (χ4n) is 1.97. The smallest absolute Gasteiger partial charge is 0.393 e. The second-order valence-corrected chi connectivity index (χ2v) is 4.49. The lowest BCUT2D eigenvalue weighted by Crippen LogP contribution is -2.36. The summed E-state index contributed by atoms with van der Waals surface area (Å²) in [5, 5.41) is 18.1. The van der Waals surface area contributed by atoms with Crippen LogP contribution in [0.3, 0.4) is 0 Å². The van der Waals surface area contributed by atoms with Gasteiger partial charge in [-0.3, -0.25) is 14.3 Å². The van der Waals surface area contributed by atoms with Crippen molar-refractivity contribution in [2.24, 2.45) is 0 Å². The van der Waals surface area contributed by atoms with Gasteiger partial charge in [0.1, 0.15) is 17.9 Å². The number of aliphatic hydroxyl groups is 2. The van der Waals surface area contributed by atoms with Gasteiger partial charge in [0.25, 0.3) is 5.56 Å². The second-order valence-electron chi connectivity index (χ2n) is 4.49. The van der Waals surface area contributed by atoms with Crippen LogP contribution in [-0.4, -0.2) is 38.3 Å². The maximum Gasteiger partial charge on any atom is 0.423 e. The number of alkyl halides is 4. The summed E-state index contributed by atoms with van der Waals surface area (Å²) in [7, 11) is 0. The first-order chi connectivity index (χ1) is 9.56. The van der Waals surface area contributed by atoms with E-state index in [-0.39, 0.29) is 6.20 Å². The van der Waals surface area contributed by atoms with E-state index < -0.39 is 54.2 Å². The van der Waals surface area contributed by atoms with Gasteiger partial charge in [-0.15, -0.1) is 0 Å². The summed E-state index contributed by atoms with van der Waals surface area (Å²) in [5.41, 5.74) is -4.57. The second kappa shape index (κ2) is 4.93. The number of rotatable bonds is 2. The van der Waals surface area contributed by atoms with Crippen molar-refractivity contribution in [3.8, 4) is 0 Å². The zero-order valence-corrected chi connectivity index (χ0v) is 10.2. The van der Waals surface area contributed by atoms with E-state index in [4.69, 9.17) is 9.84 Å². The van der Waals surface area contributed by atoms with E-state index in [1.165, 1.54) is 4.98 Å². The van der Waals surface area contributed by atoms with Crippen LogP contribution in [0.25, 0.3) is 0 Å². The number of ether oxygens (including phenoxy) is 1. The Balaban J connectivity index is 2.47. The van der Waals surface area contributed by atoms with E-state index in [1.54, 1.807) is 0 Å². The number of nitrogens with one attached hydrogen (secondary N) is 1. The molecule has 7 nitrogen and oxygen atoms in total. The van der Waals surface area contributed by atoms with Crippen LogP contribution in [-0.2, 0) is 10.9 Å². The van der Waals surface area contributed by atoms with Crippen LogP contribution in [0, 0.1) is 0 Å². The number of aromatic amines is 1. The molecule has 3 N–H and O–H groups in total. The van der Waals surface area contributed by atoms with E-state index in [9.17, 15) is 32.3 Å². The van der Waals surface area contributed by atoms with Gasteiger partial charge in [0.2, 0.25) is 5.85 Å². The molecule has 0 saturated carbocycles. The highest BCUT2D eigenvalue weighted by Crippen LogP contribution is 2.37. The maximum absolute atomic E-state index is 13.6. The molecular weight excluding hydrogens is 304 g/mol. The third-order valence-corrected chi connectivity index (χ3v) is 3.02. The third-order valence-electron chi connectivity index (χ3n) is 3.02. The van der Waals surface area contributed by atoms with Gasteiger partial charge in [0.05, 0.1) is 13.0 Å². The Morgan fingerprint density at radius 1 is 1.48 bits per heavy atom. The zero-order valence-electron chi connectivity index (χ0n) is 10.2. The monoisotopic (exact) mass is 314 g/mol. The van der Waals surface area contributed by atoms with E-state index in [0.29, 0.717) is 4.57 Å². The summed E-state index contributed by atoms with van der Waals surface area (Å²) in [6.07, 6.45) is -9.02. The summed E-state index contributed by atoms with van der Waals surface area (Å²) < 4.78 is 56.5. The van der Waals surface area contributed by atoms with Crippen molar-refractivity contribution in [3.63, 3.8) is 0 Å². The van der Waals surface area contributed by atoms with Crippen molar-refractivity contribution in [1.29, 1.82) is 0 Å². The lowest BCUT2D eigenvalue weighted by atomic mass is 10.1. The van der Waals surface area contributed by atoms with E-state index >= 15 is 0 Å². The summed E-state index contributed by atoms with van der Waals surface area (Å²) in [6, 6.07) is 0. The molecule has 3 atom stereocenters. The SMILES string of the molecule is O=c1[nH]c(=O)n([C@H]2C[C@@](O)(F)[C@@H](CO)O2)cc1C(F)(F)F. The van der Waals surface area contributed by atoms with Crippen LogP contribution < -0.4 is 11.2 Å². The molecule has 1 aromatic rings. The van der Waals surface area contributed by atoms with Crippen LogP contribution >= 0.6 is 0 Å². The molecule has 0 amide bonds. The molecule has 0 unspecified atom stereocenters. The molecule has 0 bridgehead atoms. The summed E-state index contributed by atoms with van der Waals surface area (Å²) in [5.74, 6) is -3.01. The number of nitrogens with zero attached hydrogens (tertiary/aromatic N) is 1. The van der Waals surface area contributed by atoms with Crippen LogP contribution in [0.2, 0.25) is 0 Å². The van der Waals surface area contributed by atoms with Gasteiger partial charge < -0.3 is 14.9 Å². The molecule has 1 aromatic heterocycles. The highest BCUT2D eigenvalue weighted by molar-refractivity contribution is 5.09. The van der Waals surface area contributed by atoms with E-state index in [2.05, 4.69) is 0 Å². The van der Waals surface area contributed by atoms with Crippen molar-refractivity contribution in [3.05, 3.63) is 32.6 Å². The highest BCUT2D eigenvalue weighted by Gasteiger charge is 2.49. The number of aromatic nitrogens is 2. The number of aliphatic hydroxyl groups excluding tert-OH is 1. The van der Waals surface area contributed by atoms with Crippen LogP contribution in [0.5, 0.6) is 0 Å². The van der Waals surface area contributed by atoms with Crippen molar-refractivity contribution in [2.45, 2.75) is 30.8 Å². The first-order valence-corrected chi connectivity index (χ1v) is 5.66. The largest absolute Gasteiger partial charge is 0.423 e. The highest BCUT2D eigenvalue weighted by atomic mass is 19.4. The summed E-state index contributed by atoms with van der Waals surface area (Å²) in [4.78, 5) is 24.1. The van der Waals surface area contributed by atoms with Crippen molar-refractivity contribution < 1.29 is 32.5 Å². The number of hydrogen-bond donors (Lipinski definition) is 3. The molecule has 2 heterocycles. The molecule has 1 saturated heterocycles. The average Bonchev–Trinajstić information content (AvgIpc) is 2.62. The molecule has 0 aliphatic carbocycles. The Hall–Kier alpha value is -1.72. The average molecular weight is 314 g/mol. The van der Waals surface area contributed by atoms with Crippen molar-refractivity contribution >= 4 is 0 Å². The van der Waals surface area contributed by atoms with Gasteiger partial charge in [-0.1, -0.05) is 0 Å². The molecule has 21 heavy (non-hydrogen) atoms. The molecule has 11 heteroatoms. The molecule has 0 aromatic carbocycles. The fraction of sp³-hybridized carbons (Fsp3) is 0.600. The van der Waals surface area contributed by atoms with Gasteiger partial charge in [-0.2, -0.15) is 13.2 Å². The Bertz CT molecular complexity index is 650. The molecule has 1 fully saturated rings. The minimum Gasteiger partial charge on any atom is -0.393 e. The molecule has 2 rings (SSSR count). The van der Waals surface area contributed by atoms with Gasteiger partial charge in [0, 0.05) is 6.20 Å². The molecular formula is C10H10F4N2O5. The lowest BCUT2D eigenvalue weighted by Gasteiger charge is -2.16. The predicted molar refractivity (Wildman–Crippen MR) is 58.0 cm³/mol. The van der Waals surface area contributed by atoms with Crippen LogP contribution in [0.15, 0.2) is 15.8 Å². The third kappa shape index (κ3) is 2.84. The van der Waals surface area contributed by atoms with E-state index in [0.717, 1.165) is 0 Å². The molecule has 1 aliphatic heterocycles. The van der Waals surface area contributed by atoms with Crippen molar-refractivity contribution in [2.75, 3.05) is 6.61 Å². The van der Waals surface area contributed by atoms with Crippen LogP contribution in [0.4, 0.5) is 17.6 Å². The number of halogens is 4. The topological polar surface area (TPSA) is 105 Å². The molecule has 0 radical (unpaired) electrons. The summed E-state index contributed by atoms with van der Waals surface area (Å²) >= 11 is 0. The minimum absolute atomic E-state index is 0.182. The Kier molecular flexibility index (Phi) is 3.68. The van der Waals surface area contributed by atoms with Gasteiger partial charge in [0.15, 0.2) is 0 Å². The number of hydrogen-bond acceptors (Lipinski definition) is 5. The Morgan fingerprint density at radius 2 is 2.10 bits per heavy atom. The molecule has 1 aliphatic rings. The van der Waals surface area contributed by atoms with Gasteiger partial charge in [-0.25, -0.2) is 9.18 Å². The minimum atomic E-state index is -5.02. The van der Waals surface area contributed by atoms with Crippen LogP contribution in [0.1, 0.15) is 18.2 Å². The number of H-pyrrole nitrogens is 1. The normalized spacial score (nSPS) is 29.8. The first-order valence-electron chi connectivity index (χ1n) is 5.66. The Morgan fingerprint density at radius 3 is 2.57 bits per heavy atom. The van der Waals surface area contributed by atoms with Crippen molar-refractivity contribution in [1.82, 2.24) is 9.55 Å². The summed E-state index contributed by atoms with van der Waals surface area (Å²) in [6.45, 7) is -0.937.